The lowest BCUT2D eigenvalue weighted by Crippen LogP contribution is -2.45. The molecule has 1 aliphatic carbocycles. The van der Waals surface area contributed by atoms with Crippen LogP contribution in [0.25, 0.3) is 11.1 Å². The molecule has 2 atom stereocenters. The molecule has 0 bridgehead atoms. The van der Waals surface area contributed by atoms with Crippen molar-refractivity contribution in [1.29, 1.82) is 0 Å². The SMILES string of the molecule is CC(C)C(CC(=O)N[C@@H](C)C(=O)O)NC(=O)OCC1c2ccccc2-c2ccccc21. The van der Waals surface area contributed by atoms with Gasteiger partial charge < -0.3 is 20.5 Å². The molecule has 2 aromatic rings. The molecular weight excluding hydrogens is 396 g/mol. The molecule has 0 saturated carbocycles. The van der Waals surface area contributed by atoms with Crippen molar-refractivity contribution >= 4 is 18.0 Å². The average Bonchev–Trinajstić information content (AvgIpc) is 3.05. The molecule has 1 unspecified atom stereocenters. The second-order valence-corrected chi connectivity index (χ2v) is 8.15. The number of ether oxygens (including phenoxy) is 1. The fourth-order valence-corrected chi connectivity index (χ4v) is 3.81. The number of carboxylic acid groups (broad SMARTS) is 1. The van der Waals surface area contributed by atoms with Gasteiger partial charge in [-0.05, 0) is 35.1 Å². The van der Waals surface area contributed by atoms with Crippen molar-refractivity contribution in [2.45, 2.75) is 45.2 Å². The number of nitrogens with one attached hydrogen (secondary N) is 2. The molecule has 3 rings (SSSR count). The van der Waals surface area contributed by atoms with Gasteiger partial charge in [0, 0.05) is 18.4 Å². The Kier molecular flexibility index (Phi) is 6.95. The van der Waals surface area contributed by atoms with Crippen LogP contribution in [-0.4, -0.2) is 41.8 Å². The number of benzene rings is 2. The van der Waals surface area contributed by atoms with Gasteiger partial charge in [-0.15, -0.1) is 0 Å². The van der Waals surface area contributed by atoms with Gasteiger partial charge in [0.05, 0.1) is 0 Å². The Bertz CT molecular complexity index is 926. The lowest BCUT2D eigenvalue weighted by atomic mass is 9.98. The summed E-state index contributed by atoms with van der Waals surface area (Å²) in [5.41, 5.74) is 4.55. The highest BCUT2D eigenvalue weighted by atomic mass is 16.5. The summed E-state index contributed by atoms with van der Waals surface area (Å²) < 4.78 is 5.55. The van der Waals surface area contributed by atoms with E-state index >= 15 is 0 Å². The zero-order valence-corrected chi connectivity index (χ0v) is 17.9. The Morgan fingerprint density at radius 1 is 0.935 bits per heavy atom. The number of hydrogen-bond donors (Lipinski definition) is 3. The van der Waals surface area contributed by atoms with E-state index in [4.69, 9.17) is 9.84 Å². The van der Waals surface area contributed by atoms with Gasteiger partial charge in [-0.25, -0.2) is 4.79 Å². The summed E-state index contributed by atoms with van der Waals surface area (Å²) in [5.74, 6) is -1.63. The molecule has 31 heavy (non-hydrogen) atoms. The fourth-order valence-electron chi connectivity index (χ4n) is 3.81. The van der Waals surface area contributed by atoms with Crippen molar-refractivity contribution in [3.05, 3.63) is 59.7 Å². The van der Waals surface area contributed by atoms with E-state index in [-0.39, 0.29) is 24.9 Å². The lowest BCUT2D eigenvalue weighted by molar-refractivity contribution is -0.141. The van der Waals surface area contributed by atoms with Crippen molar-refractivity contribution in [2.75, 3.05) is 6.61 Å². The van der Waals surface area contributed by atoms with Crippen LogP contribution >= 0.6 is 0 Å². The molecular formula is C24H28N2O5. The van der Waals surface area contributed by atoms with Gasteiger partial charge in [0.25, 0.3) is 0 Å². The number of alkyl carbamates (subject to hydrolysis) is 1. The number of rotatable bonds is 8. The Morgan fingerprint density at radius 2 is 1.48 bits per heavy atom. The van der Waals surface area contributed by atoms with Crippen molar-refractivity contribution in [3.63, 3.8) is 0 Å². The normalized spacial score (nSPS) is 14.3. The minimum absolute atomic E-state index is 0.0283. The Morgan fingerprint density at radius 3 is 2.00 bits per heavy atom. The van der Waals surface area contributed by atoms with Crippen LogP contribution in [0.2, 0.25) is 0 Å². The number of carboxylic acids is 1. The number of fused-ring (bicyclic) bond motifs is 3. The zero-order valence-electron chi connectivity index (χ0n) is 17.9. The Labute approximate surface area is 181 Å². The predicted molar refractivity (Wildman–Crippen MR) is 117 cm³/mol. The van der Waals surface area contributed by atoms with E-state index in [1.807, 2.05) is 50.2 Å². The zero-order chi connectivity index (χ0) is 22.5. The first-order valence-electron chi connectivity index (χ1n) is 10.4. The third-order valence-electron chi connectivity index (χ3n) is 5.60. The van der Waals surface area contributed by atoms with E-state index in [9.17, 15) is 14.4 Å². The van der Waals surface area contributed by atoms with Crippen molar-refractivity contribution in [1.82, 2.24) is 10.6 Å². The molecule has 3 N–H and O–H groups in total. The average molecular weight is 424 g/mol. The van der Waals surface area contributed by atoms with E-state index in [0.29, 0.717) is 0 Å². The molecule has 0 aromatic heterocycles. The molecule has 164 valence electrons. The summed E-state index contributed by atoms with van der Waals surface area (Å²) in [6, 6.07) is 14.7. The number of carbonyl (C=O) groups is 3. The van der Waals surface area contributed by atoms with E-state index in [1.165, 1.54) is 6.92 Å². The monoisotopic (exact) mass is 424 g/mol. The number of hydrogen-bond acceptors (Lipinski definition) is 4. The summed E-state index contributed by atoms with van der Waals surface area (Å²) >= 11 is 0. The quantitative estimate of drug-likeness (QED) is 0.601. The highest BCUT2D eigenvalue weighted by molar-refractivity contribution is 5.84. The Hall–Kier alpha value is -3.35. The second-order valence-electron chi connectivity index (χ2n) is 8.15. The van der Waals surface area contributed by atoms with Crippen LogP contribution in [0.5, 0.6) is 0 Å². The molecule has 7 nitrogen and oxygen atoms in total. The van der Waals surface area contributed by atoms with Gasteiger partial charge in [-0.3, -0.25) is 9.59 Å². The maximum Gasteiger partial charge on any atom is 0.407 e. The maximum atomic E-state index is 12.5. The van der Waals surface area contributed by atoms with Gasteiger partial charge in [0.1, 0.15) is 12.6 Å². The molecule has 0 fully saturated rings. The van der Waals surface area contributed by atoms with Crippen LogP contribution in [0, 0.1) is 5.92 Å². The minimum atomic E-state index is -1.11. The van der Waals surface area contributed by atoms with Gasteiger partial charge in [-0.2, -0.15) is 0 Å². The molecule has 1 aliphatic rings. The van der Waals surface area contributed by atoms with Gasteiger partial charge in [-0.1, -0.05) is 62.4 Å². The first-order chi connectivity index (χ1) is 14.8. The van der Waals surface area contributed by atoms with Crippen LogP contribution in [-0.2, 0) is 14.3 Å². The van der Waals surface area contributed by atoms with E-state index < -0.39 is 30.1 Å². The summed E-state index contributed by atoms with van der Waals surface area (Å²) in [4.78, 5) is 35.5. The molecule has 0 radical (unpaired) electrons. The first-order valence-corrected chi connectivity index (χ1v) is 10.4. The topological polar surface area (TPSA) is 105 Å². The standard InChI is InChI=1S/C24H28N2O5/c1-14(2)21(12-22(27)25-15(3)23(28)29)26-24(30)31-13-20-18-10-6-4-8-16(18)17-9-5-7-11-19(17)20/h4-11,14-15,20-21H,12-13H2,1-3H3,(H,25,27)(H,26,30)(H,28,29)/t15-,21?/m0/s1. The number of amides is 2. The van der Waals surface area contributed by atoms with Crippen LogP contribution < -0.4 is 10.6 Å². The maximum absolute atomic E-state index is 12.5. The second kappa shape index (κ2) is 9.64. The predicted octanol–water partition coefficient (Wildman–Crippen LogP) is 3.53. The summed E-state index contributed by atoms with van der Waals surface area (Å²) in [5, 5.41) is 14.1. The van der Waals surface area contributed by atoms with E-state index in [1.54, 1.807) is 0 Å². The molecule has 0 heterocycles. The third kappa shape index (κ3) is 5.23. The summed E-state index contributed by atoms with van der Waals surface area (Å²) in [6.45, 7) is 5.33. The minimum Gasteiger partial charge on any atom is -0.480 e. The van der Waals surface area contributed by atoms with Crippen LogP contribution in [0.15, 0.2) is 48.5 Å². The highest BCUT2D eigenvalue weighted by Gasteiger charge is 2.29. The molecule has 0 saturated heterocycles. The van der Waals surface area contributed by atoms with Gasteiger partial charge in [0.2, 0.25) is 5.91 Å². The van der Waals surface area contributed by atoms with Crippen molar-refractivity contribution in [3.8, 4) is 11.1 Å². The molecule has 0 aliphatic heterocycles. The molecule has 2 aromatic carbocycles. The van der Waals surface area contributed by atoms with Gasteiger partial charge in [0.15, 0.2) is 0 Å². The first kappa shape index (κ1) is 22.3. The number of aliphatic carboxylic acids is 1. The van der Waals surface area contributed by atoms with Crippen molar-refractivity contribution < 1.29 is 24.2 Å². The van der Waals surface area contributed by atoms with E-state index in [2.05, 4.69) is 22.8 Å². The van der Waals surface area contributed by atoms with Crippen LogP contribution in [0.4, 0.5) is 4.79 Å². The smallest absolute Gasteiger partial charge is 0.407 e. The van der Waals surface area contributed by atoms with Crippen LogP contribution in [0.3, 0.4) is 0 Å². The Balaban J connectivity index is 1.61. The lowest BCUT2D eigenvalue weighted by Gasteiger charge is -2.23. The largest absolute Gasteiger partial charge is 0.480 e. The summed E-state index contributed by atoms with van der Waals surface area (Å²) in [7, 11) is 0. The fraction of sp³-hybridized carbons (Fsp3) is 0.375. The third-order valence-corrected chi connectivity index (χ3v) is 5.60. The summed E-state index contributed by atoms with van der Waals surface area (Å²) in [6.07, 6.45) is -0.626. The van der Waals surface area contributed by atoms with Gasteiger partial charge >= 0.3 is 12.1 Å². The van der Waals surface area contributed by atoms with Crippen LogP contribution in [0.1, 0.15) is 44.2 Å². The van der Waals surface area contributed by atoms with Crippen molar-refractivity contribution in [2.24, 2.45) is 5.92 Å². The molecule has 2 amide bonds. The number of carbonyl (C=O) groups excluding carboxylic acids is 2. The molecule has 7 heteroatoms. The highest BCUT2D eigenvalue weighted by Crippen LogP contribution is 2.44. The molecule has 0 spiro atoms. The van der Waals surface area contributed by atoms with E-state index in [0.717, 1.165) is 22.3 Å².